The molecule has 0 fully saturated rings. The van der Waals surface area contributed by atoms with Crippen LogP contribution in [-0.4, -0.2) is 17.2 Å². The van der Waals surface area contributed by atoms with Gasteiger partial charge in [-0.2, -0.15) is 0 Å². The summed E-state index contributed by atoms with van der Waals surface area (Å²) in [7, 11) is -1.49. The van der Waals surface area contributed by atoms with Crippen molar-refractivity contribution in [2.45, 2.75) is 58.3 Å². The number of hydrogen-bond acceptors (Lipinski definition) is 2. The van der Waals surface area contributed by atoms with Gasteiger partial charge in [0.05, 0.1) is 0 Å². The number of rotatable bonds is 9. The van der Waals surface area contributed by atoms with Gasteiger partial charge in [-0.1, -0.05) is 112 Å². The molecule has 3 heteroatoms. The summed E-state index contributed by atoms with van der Waals surface area (Å²) in [5.74, 6) is 0. The third kappa shape index (κ3) is 6.00. The van der Waals surface area contributed by atoms with Gasteiger partial charge in [-0.3, -0.25) is 0 Å². The van der Waals surface area contributed by atoms with Crippen molar-refractivity contribution in [3.63, 3.8) is 0 Å². The van der Waals surface area contributed by atoms with Gasteiger partial charge in [0.2, 0.25) is 0 Å². The van der Waals surface area contributed by atoms with Crippen LogP contribution in [0.2, 0.25) is 0 Å². The fourth-order valence-corrected chi connectivity index (χ4v) is 4.38. The van der Waals surface area contributed by atoms with Crippen molar-refractivity contribution in [3.8, 4) is 0 Å². The molecule has 0 amide bonds. The van der Waals surface area contributed by atoms with Gasteiger partial charge in [0, 0.05) is 0 Å². The first kappa shape index (κ1) is 24.0. The second-order valence-corrected chi connectivity index (χ2v) is 8.47. The number of hydrogen-bond donors (Lipinski definition) is 2. The summed E-state index contributed by atoms with van der Waals surface area (Å²) < 4.78 is 0. The van der Waals surface area contributed by atoms with Crippen molar-refractivity contribution in [2.75, 3.05) is 0 Å². The summed E-state index contributed by atoms with van der Waals surface area (Å²) in [6, 6.07) is 22.1. The lowest BCUT2D eigenvalue weighted by atomic mass is 9.73. The molecule has 0 aromatic heterocycles. The average Bonchev–Trinajstić information content (AvgIpc) is 2.82. The molecule has 0 saturated heterocycles. The summed E-state index contributed by atoms with van der Waals surface area (Å²) in [4.78, 5) is 0. The Morgan fingerprint density at radius 3 is 2.00 bits per heavy atom. The van der Waals surface area contributed by atoms with Crippen molar-refractivity contribution in [1.29, 1.82) is 0 Å². The molecule has 166 valence electrons. The fraction of sp³-hybridized carbons (Fsp3) is 0.310. The van der Waals surface area contributed by atoms with Gasteiger partial charge in [0.1, 0.15) is 0 Å². The molecule has 2 N–H and O–H groups in total. The molecule has 0 aliphatic heterocycles. The first-order chi connectivity index (χ1) is 15.7. The quantitative estimate of drug-likeness (QED) is 0.0982. The Balaban J connectivity index is 0.000000226. The number of fused-ring (bicyclic) bond motifs is 4. The van der Waals surface area contributed by atoms with E-state index in [4.69, 9.17) is 0 Å². The highest BCUT2D eigenvalue weighted by Gasteiger charge is 2.19. The van der Waals surface area contributed by atoms with E-state index < -0.39 is 7.12 Å². The van der Waals surface area contributed by atoms with Gasteiger partial charge in [0.15, 0.2) is 0 Å². The van der Waals surface area contributed by atoms with Crippen LogP contribution >= 0.6 is 0 Å². The first-order valence-electron chi connectivity index (χ1n) is 12.0. The third-order valence-corrected chi connectivity index (χ3v) is 6.08. The molecule has 4 aromatic rings. The van der Waals surface area contributed by atoms with Crippen LogP contribution in [0.25, 0.3) is 32.3 Å². The zero-order valence-corrected chi connectivity index (χ0v) is 19.3. The first-order valence-corrected chi connectivity index (χ1v) is 12.0. The van der Waals surface area contributed by atoms with Crippen LogP contribution in [-0.2, 0) is 0 Å². The Bertz CT molecular complexity index is 1150. The number of unbranched alkanes of at least 4 members (excludes halogenated alkanes) is 7. The second-order valence-electron chi connectivity index (χ2n) is 8.47. The maximum absolute atomic E-state index is 9.85. The lowest BCUT2D eigenvalue weighted by Gasteiger charge is -2.12. The highest BCUT2D eigenvalue weighted by molar-refractivity contribution is 6.65. The molecular weight excluding hydrogens is 391 g/mol. The minimum absolute atomic E-state index is 0.578. The van der Waals surface area contributed by atoms with Gasteiger partial charge < -0.3 is 10.0 Å². The Labute approximate surface area is 192 Å². The van der Waals surface area contributed by atoms with E-state index in [2.05, 4.69) is 31.7 Å². The lowest BCUT2D eigenvalue weighted by molar-refractivity contribution is 0.426. The molecule has 0 saturated carbocycles. The minimum atomic E-state index is -1.49. The van der Waals surface area contributed by atoms with Crippen molar-refractivity contribution < 1.29 is 10.0 Å². The zero-order chi connectivity index (χ0) is 22.8. The molecule has 0 aliphatic carbocycles. The maximum Gasteiger partial charge on any atom is 0.489 e. The van der Waals surface area contributed by atoms with Gasteiger partial charge in [0.25, 0.3) is 0 Å². The van der Waals surface area contributed by atoms with E-state index in [1.165, 1.54) is 51.4 Å². The molecule has 4 rings (SSSR count). The largest absolute Gasteiger partial charge is 0.489 e. The lowest BCUT2D eigenvalue weighted by Crippen LogP contribution is -2.31. The SMILES string of the molecule is C=CCCCCCCCCC.OB(O)c1c2ccccc2cc2c1ccc1ccccc12. The molecule has 0 bridgehead atoms. The van der Waals surface area contributed by atoms with E-state index in [1.807, 2.05) is 54.6 Å². The van der Waals surface area contributed by atoms with Crippen molar-refractivity contribution >= 4 is 44.9 Å². The smallest absolute Gasteiger partial charge is 0.423 e. The van der Waals surface area contributed by atoms with E-state index in [9.17, 15) is 10.0 Å². The molecule has 0 aliphatic rings. The predicted octanol–water partition coefficient (Wildman–Crippen LogP) is 7.14. The van der Waals surface area contributed by atoms with Gasteiger partial charge in [-0.05, 0) is 56.7 Å². The molecule has 0 spiro atoms. The summed E-state index contributed by atoms with van der Waals surface area (Å²) in [5.41, 5.74) is 0.578. The highest BCUT2D eigenvalue weighted by atomic mass is 16.4. The molecular formula is C29H35BO2. The van der Waals surface area contributed by atoms with Gasteiger partial charge in [-0.25, -0.2) is 0 Å². The average molecular weight is 426 g/mol. The van der Waals surface area contributed by atoms with Crippen LogP contribution in [0, 0.1) is 0 Å². The Kier molecular flexibility index (Phi) is 9.34. The van der Waals surface area contributed by atoms with Gasteiger partial charge >= 0.3 is 7.12 Å². The Hall–Kier alpha value is -2.62. The third-order valence-electron chi connectivity index (χ3n) is 6.08. The molecule has 0 unspecified atom stereocenters. The van der Waals surface area contributed by atoms with E-state index in [0.29, 0.717) is 5.46 Å². The monoisotopic (exact) mass is 426 g/mol. The molecule has 0 heterocycles. The highest BCUT2D eigenvalue weighted by Crippen LogP contribution is 2.28. The summed E-state index contributed by atoms with van der Waals surface area (Å²) in [6.45, 7) is 5.97. The van der Waals surface area contributed by atoms with Crippen LogP contribution in [0.4, 0.5) is 0 Å². The molecule has 0 radical (unpaired) electrons. The van der Waals surface area contributed by atoms with E-state index in [1.54, 1.807) is 0 Å². The van der Waals surface area contributed by atoms with Crippen molar-refractivity contribution in [1.82, 2.24) is 0 Å². The maximum atomic E-state index is 9.85. The van der Waals surface area contributed by atoms with Gasteiger partial charge in [-0.15, -0.1) is 6.58 Å². The number of allylic oxidation sites excluding steroid dienone is 1. The van der Waals surface area contributed by atoms with Crippen LogP contribution in [0.3, 0.4) is 0 Å². The standard InChI is InChI=1S/C18H13BO2.C11H22/c20-19(21)18-15-8-4-2-6-13(15)11-17-14-7-3-1-5-12(14)9-10-16(17)18;1-3-5-7-9-11-10-8-6-4-2/h1-11,20-21H;3H,1,4-11H2,2H3. The van der Waals surface area contributed by atoms with Crippen LogP contribution in [0.15, 0.2) is 79.4 Å². The van der Waals surface area contributed by atoms with E-state index in [-0.39, 0.29) is 0 Å². The summed E-state index contributed by atoms with van der Waals surface area (Å²) >= 11 is 0. The second kappa shape index (κ2) is 12.4. The number of benzene rings is 4. The van der Waals surface area contributed by atoms with Crippen LogP contribution in [0.1, 0.15) is 58.3 Å². The summed E-state index contributed by atoms with van der Waals surface area (Å²) in [6.07, 6.45) is 13.0. The molecule has 0 atom stereocenters. The summed E-state index contributed by atoms with van der Waals surface area (Å²) in [5, 5.41) is 25.8. The van der Waals surface area contributed by atoms with Crippen molar-refractivity contribution in [2.24, 2.45) is 0 Å². The normalized spacial score (nSPS) is 10.8. The fourth-order valence-electron chi connectivity index (χ4n) is 4.38. The van der Waals surface area contributed by atoms with Crippen molar-refractivity contribution in [3.05, 3.63) is 79.4 Å². The minimum Gasteiger partial charge on any atom is -0.423 e. The molecule has 32 heavy (non-hydrogen) atoms. The molecule has 4 aromatic carbocycles. The predicted molar refractivity (Wildman–Crippen MR) is 142 cm³/mol. The van der Waals surface area contributed by atoms with E-state index in [0.717, 1.165) is 32.3 Å². The van der Waals surface area contributed by atoms with E-state index >= 15 is 0 Å². The Morgan fingerprint density at radius 1 is 0.688 bits per heavy atom. The van der Waals surface area contributed by atoms with Crippen LogP contribution < -0.4 is 5.46 Å². The topological polar surface area (TPSA) is 40.5 Å². The molecule has 2 nitrogen and oxygen atoms in total. The Morgan fingerprint density at radius 2 is 1.31 bits per heavy atom. The van der Waals surface area contributed by atoms with Crippen LogP contribution in [0.5, 0.6) is 0 Å². The zero-order valence-electron chi connectivity index (χ0n) is 19.3.